The fraction of sp³-hybridized carbons (Fsp3) is 0.161. The van der Waals surface area contributed by atoms with Crippen LogP contribution in [0.2, 0.25) is 0 Å². The summed E-state index contributed by atoms with van der Waals surface area (Å²) in [6.07, 6.45) is -0.508. The molecule has 0 fully saturated rings. The lowest BCUT2D eigenvalue weighted by Gasteiger charge is -2.15. The number of carbonyl (C=O) groups is 2. The Kier molecular flexibility index (Phi) is 8.55. The van der Waals surface area contributed by atoms with Crippen LogP contribution in [-0.4, -0.2) is 24.0 Å². The fourth-order valence-electron chi connectivity index (χ4n) is 3.65. The Morgan fingerprint density at radius 2 is 0.919 bits per heavy atom. The quantitative estimate of drug-likeness (QED) is 0.280. The molecule has 188 valence electrons. The van der Waals surface area contributed by atoms with E-state index < -0.39 is 12.2 Å². The van der Waals surface area contributed by atoms with E-state index in [9.17, 15) is 9.59 Å². The molecule has 6 nitrogen and oxygen atoms in total. The molecule has 0 unspecified atom stereocenters. The van der Waals surface area contributed by atoms with Crippen LogP contribution < -0.4 is 20.1 Å². The highest BCUT2D eigenvalue weighted by molar-refractivity contribution is 5.94. The second kappa shape index (κ2) is 12.4. The van der Waals surface area contributed by atoms with Gasteiger partial charge in [-0.05, 0) is 79.9 Å². The van der Waals surface area contributed by atoms with Crippen molar-refractivity contribution in [1.82, 2.24) is 0 Å². The molecule has 0 saturated carbocycles. The van der Waals surface area contributed by atoms with E-state index in [1.807, 2.05) is 109 Å². The van der Waals surface area contributed by atoms with Gasteiger partial charge in [0.2, 0.25) is 0 Å². The number of hydrogen-bond acceptors (Lipinski definition) is 4. The van der Waals surface area contributed by atoms with Crippen molar-refractivity contribution in [2.24, 2.45) is 0 Å². The first-order valence-corrected chi connectivity index (χ1v) is 12.2. The number of para-hydroxylation sites is 2. The molecule has 0 saturated heterocycles. The first-order chi connectivity index (χ1) is 18.0. The molecule has 37 heavy (non-hydrogen) atoms. The normalized spacial score (nSPS) is 12.2. The molecule has 2 N–H and O–H groups in total. The van der Waals surface area contributed by atoms with E-state index in [1.54, 1.807) is 13.8 Å². The monoisotopic (exact) mass is 494 g/mol. The molecule has 0 aliphatic carbocycles. The summed E-state index contributed by atoms with van der Waals surface area (Å²) in [5, 5.41) is 5.78. The lowest BCUT2D eigenvalue weighted by Crippen LogP contribution is -2.30. The Morgan fingerprint density at radius 1 is 0.568 bits per heavy atom. The van der Waals surface area contributed by atoms with E-state index >= 15 is 0 Å². The van der Waals surface area contributed by atoms with Crippen molar-refractivity contribution >= 4 is 23.2 Å². The van der Waals surface area contributed by atoms with Crippen LogP contribution in [0.1, 0.15) is 25.0 Å². The minimum atomic E-state index is -0.617. The van der Waals surface area contributed by atoms with Gasteiger partial charge in [0.05, 0.1) is 0 Å². The Labute approximate surface area is 217 Å². The van der Waals surface area contributed by atoms with Crippen molar-refractivity contribution < 1.29 is 19.1 Å². The van der Waals surface area contributed by atoms with Crippen LogP contribution in [0, 0.1) is 0 Å². The highest BCUT2D eigenvalue weighted by Gasteiger charge is 2.16. The summed E-state index contributed by atoms with van der Waals surface area (Å²) in [6.45, 7) is 3.44. The first kappa shape index (κ1) is 25.5. The van der Waals surface area contributed by atoms with Crippen molar-refractivity contribution in [2.75, 3.05) is 10.6 Å². The van der Waals surface area contributed by atoms with Gasteiger partial charge in [-0.1, -0.05) is 60.7 Å². The molecule has 0 aliphatic heterocycles. The summed E-state index contributed by atoms with van der Waals surface area (Å²) >= 11 is 0. The minimum Gasteiger partial charge on any atom is -0.481 e. The molecule has 4 rings (SSSR count). The summed E-state index contributed by atoms with van der Waals surface area (Å²) in [4.78, 5) is 24.9. The van der Waals surface area contributed by atoms with Gasteiger partial charge in [-0.2, -0.15) is 0 Å². The molecule has 0 spiro atoms. The average Bonchev–Trinajstić information content (AvgIpc) is 2.92. The number of benzene rings is 4. The van der Waals surface area contributed by atoms with Gasteiger partial charge in [-0.15, -0.1) is 0 Å². The third-order valence-corrected chi connectivity index (χ3v) is 5.70. The predicted molar refractivity (Wildman–Crippen MR) is 146 cm³/mol. The smallest absolute Gasteiger partial charge is 0.265 e. The van der Waals surface area contributed by atoms with Gasteiger partial charge in [0.1, 0.15) is 11.5 Å². The Hall–Kier alpha value is -4.58. The zero-order chi connectivity index (χ0) is 26.0. The number of amides is 2. The van der Waals surface area contributed by atoms with Gasteiger partial charge >= 0.3 is 0 Å². The highest BCUT2D eigenvalue weighted by atomic mass is 16.5. The molecule has 4 aromatic rings. The molecular weight excluding hydrogens is 464 g/mol. The van der Waals surface area contributed by atoms with Crippen molar-refractivity contribution in [3.63, 3.8) is 0 Å². The van der Waals surface area contributed by atoms with Gasteiger partial charge in [0, 0.05) is 11.4 Å². The maximum absolute atomic E-state index is 12.5. The third-order valence-electron chi connectivity index (χ3n) is 5.70. The van der Waals surface area contributed by atoms with Crippen molar-refractivity contribution in [2.45, 2.75) is 32.5 Å². The van der Waals surface area contributed by atoms with E-state index in [0.29, 0.717) is 22.9 Å². The van der Waals surface area contributed by atoms with Crippen molar-refractivity contribution in [3.8, 4) is 11.5 Å². The van der Waals surface area contributed by atoms with Crippen LogP contribution in [0.4, 0.5) is 11.4 Å². The standard InChI is InChI=1S/C31H30N2O4/c1-22(36-28-9-5-3-6-10-28)30(34)32-26-17-13-24(14-18-26)21-25-15-19-27(20-16-25)33-31(35)23(2)37-29-11-7-4-8-12-29/h3-20,22-23H,21H2,1-2H3,(H,32,34)(H,33,35)/t22-,23+. The van der Waals surface area contributed by atoms with Crippen molar-refractivity contribution in [1.29, 1.82) is 0 Å². The summed E-state index contributed by atoms with van der Waals surface area (Å²) in [6, 6.07) is 34.0. The predicted octanol–water partition coefficient (Wildman–Crippen LogP) is 6.09. The molecule has 4 aromatic carbocycles. The van der Waals surface area contributed by atoms with Crippen LogP contribution in [0.25, 0.3) is 0 Å². The largest absolute Gasteiger partial charge is 0.481 e. The van der Waals surface area contributed by atoms with E-state index in [-0.39, 0.29) is 11.8 Å². The Morgan fingerprint density at radius 3 is 1.27 bits per heavy atom. The molecule has 0 bridgehead atoms. The number of carbonyl (C=O) groups excluding carboxylic acids is 2. The Bertz CT molecular complexity index is 1190. The molecule has 0 radical (unpaired) electrons. The highest BCUT2D eigenvalue weighted by Crippen LogP contribution is 2.18. The molecule has 6 heteroatoms. The van der Waals surface area contributed by atoms with E-state index in [4.69, 9.17) is 9.47 Å². The summed E-state index contributed by atoms with van der Waals surface area (Å²) in [5.41, 5.74) is 3.63. The van der Waals surface area contributed by atoms with Crippen LogP contribution in [0.5, 0.6) is 11.5 Å². The topological polar surface area (TPSA) is 76.7 Å². The lowest BCUT2D eigenvalue weighted by molar-refractivity contribution is -0.122. The average molecular weight is 495 g/mol. The summed E-state index contributed by atoms with van der Waals surface area (Å²) in [7, 11) is 0. The van der Waals surface area contributed by atoms with Gasteiger partial charge in [-0.25, -0.2) is 0 Å². The van der Waals surface area contributed by atoms with Crippen LogP contribution in [-0.2, 0) is 16.0 Å². The lowest BCUT2D eigenvalue weighted by atomic mass is 10.0. The van der Waals surface area contributed by atoms with E-state index in [0.717, 1.165) is 17.5 Å². The second-order valence-corrected chi connectivity index (χ2v) is 8.70. The summed E-state index contributed by atoms with van der Waals surface area (Å²) < 4.78 is 11.4. The molecule has 0 aliphatic rings. The minimum absolute atomic E-state index is 0.210. The molecule has 2 amide bonds. The fourth-order valence-corrected chi connectivity index (χ4v) is 3.65. The van der Waals surface area contributed by atoms with E-state index in [1.165, 1.54) is 0 Å². The van der Waals surface area contributed by atoms with Crippen molar-refractivity contribution in [3.05, 3.63) is 120 Å². The number of anilines is 2. The molecule has 0 heterocycles. The van der Waals surface area contributed by atoms with Gasteiger partial charge in [0.15, 0.2) is 12.2 Å². The number of hydrogen-bond donors (Lipinski definition) is 2. The van der Waals surface area contributed by atoms with Gasteiger partial charge in [-0.3, -0.25) is 9.59 Å². The molecular formula is C31H30N2O4. The van der Waals surface area contributed by atoms with Crippen LogP contribution in [0.15, 0.2) is 109 Å². The first-order valence-electron chi connectivity index (χ1n) is 12.2. The number of ether oxygens (including phenoxy) is 2. The molecule has 2 atom stereocenters. The van der Waals surface area contributed by atoms with Gasteiger partial charge < -0.3 is 20.1 Å². The van der Waals surface area contributed by atoms with Gasteiger partial charge in [0.25, 0.3) is 11.8 Å². The number of rotatable bonds is 10. The maximum atomic E-state index is 12.5. The third kappa shape index (κ3) is 7.70. The van der Waals surface area contributed by atoms with E-state index in [2.05, 4.69) is 10.6 Å². The zero-order valence-electron chi connectivity index (χ0n) is 20.9. The summed E-state index contributed by atoms with van der Waals surface area (Å²) in [5.74, 6) is 0.887. The molecule has 0 aromatic heterocycles. The SMILES string of the molecule is C[C@H](Oc1ccccc1)C(=O)Nc1ccc(Cc2ccc(NC(=O)[C@@H](C)Oc3ccccc3)cc2)cc1. The second-order valence-electron chi connectivity index (χ2n) is 8.70. The Balaban J connectivity index is 1.26. The number of nitrogens with one attached hydrogen (secondary N) is 2. The zero-order valence-corrected chi connectivity index (χ0v) is 20.9. The maximum Gasteiger partial charge on any atom is 0.265 e. The van der Waals surface area contributed by atoms with Crippen LogP contribution in [0.3, 0.4) is 0 Å². The van der Waals surface area contributed by atoms with Crippen LogP contribution >= 0.6 is 0 Å².